The fraction of sp³-hybridized carbons (Fsp3) is 0.385. The van der Waals surface area contributed by atoms with Crippen LogP contribution < -0.4 is 5.32 Å². The maximum absolute atomic E-state index is 12.3. The van der Waals surface area contributed by atoms with Gasteiger partial charge in [0.25, 0.3) is 5.91 Å². The van der Waals surface area contributed by atoms with Crippen LogP contribution in [0, 0.1) is 0 Å². The van der Waals surface area contributed by atoms with Crippen molar-refractivity contribution in [2.75, 3.05) is 7.11 Å². The van der Waals surface area contributed by atoms with Gasteiger partial charge >= 0.3 is 5.97 Å². The van der Waals surface area contributed by atoms with Crippen LogP contribution in [-0.2, 0) is 9.53 Å². The van der Waals surface area contributed by atoms with E-state index in [4.69, 9.17) is 4.74 Å². The molecule has 1 N–H and O–H groups in total. The second-order valence-electron chi connectivity index (χ2n) is 4.58. The quantitative estimate of drug-likeness (QED) is 0.835. The Morgan fingerprint density at radius 3 is 2.90 bits per heavy atom. The molecule has 2 heterocycles. The fourth-order valence-corrected chi connectivity index (χ4v) is 1.81. The van der Waals surface area contributed by atoms with Crippen LogP contribution in [-0.4, -0.2) is 39.1 Å². The summed E-state index contributed by atoms with van der Waals surface area (Å²) in [6.45, 7) is 3.42. The van der Waals surface area contributed by atoms with E-state index in [1.165, 1.54) is 17.8 Å². The molecule has 7 nitrogen and oxygen atoms in total. The number of rotatable bonds is 4. The number of hydrogen-bond acceptors (Lipinski definition) is 5. The third-order valence-corrected chi connectivity index (χ3v) is 3.26. The number of hydrogen-bond donors (Lipinski definition) is 1. The predicted molar refractivity (Wildman–Crippen MR) is 71.2 cm³/mol. The highest BCUT2D eigenvalue weighted by atomic mass is 16.5. The zero-order valence-corrected chi connectivity index (χ0v) is 11.6. The molecule has 2 aromatic rings. The van der Waals surface area contributed by atoms with Crippen LogP contribution in [0.4, 0.5) is 0 Å². The summed E-state index contributed by atoms with van der Waals surface area (Å²) < 4.78 is 6.22. The van der Waals surface area contributed by atoms with Gasteiger partial charge in [-0.25, -0.2) is 14.3 Å². The number of nitrogens with one attached hydrogen (secondary N) is 1. The molecule has 0 radical (unpaired) electrons. The Kier molecular flexibility index (Phi) is 3.69. The van der Waals surface area contributed by atoms with Crippen molar-refractivity contribution in [3.8, 4) is 0 Å². The molecule has 7 heteroatoms. The van der Waals surface area contributed by atoms with Gasteiger partial charge in [0.1, 0.15) is 11.1 Å². The van der Waals surface area contributed by atoms with E-state index in [0.29, 0.717) is 17.6 Å². The first-order valence-electron chi connectivity index (χ1n) is 6.21. The van der Waals surface area contributed by atoms with Crippen LogP contribution in [0.25, 0.3) is 5.65 Å². The first kappa shape index (κ1) is 14.0. The largest absolute Gasteiger partial charge is 0.467 e. The Balaban J connectivity index is 2.30. The molecule has 106 valence electrons. The van der Waals surface area contributed by atoms with Gasteiger partial charge in [-0.15, -0.1) is 0 Å². The van der Waals surface area contributed by atoms with Gasteiger partial charge in [0, 0.05) is 12.4 Å². The van der Waals surface area contributed by atoms with Crippen LogP contribution in [0.5, 0.6) is 0 Å². The first-order valence-corrected chi connectivity index (χ1v) is 6.21. The Hall–Kier alpha value is -2.44. The molecule has 0 spiro atoms. The number of ether oxygens (including phenoxy) is 1. The van der Waals surface area contributed by atoms with Crippen molar-refractivity contribution >= 4 is 17.5 Å². The summed E-state index contributed by atoms with van der Waals surface area (Å²) in [5.74, 6) is -0.897. The van der Waals surface area contributed by atoms with Crippen LogP contribution in [0.15, 0.2) is 24.7 Å². The van der Waals surface area contributed by atoms with E-state index in [9.17, 15) is 9.59 Å². The van der Waals surface area contributed by atoms with Crippen molar-refractivity contribution in [3.05, 3.63) is 30.2 Å². The van der Waals surface area contributed by atoms with E-state index in [-0.39, 0.29) is 0 Å². The second-order valence-corrected chi connectivity index (χ2v) is 4.58. The summed E-state index contributed by atoms with van der Waals surface area (Å²) in [4.78, 5) is 28.2. The van der Waals surface area contributed by atoms with Crippen molar-refractivity contribution in [1.82, 2.24) is 19.9 Å². The van der Waals surface area contributed by atoms with Crippen molar-refractivity contribution in [2.24, 2.45) is 0 Å². The zero-order chi connectivity index (χ0) is 14.8. The number of nitrogens with zero attached hydrogens (tertiary/aromatic N) is 3. The third kappa shape index (κ3) is 2.34. The van der Waals surface area contributed by atoms with Gasteiger partial charge in [-0.2, -0.15) is 5.10 Å². The van der Waals surface area contributed by atoms with E-state index in [1.54, 1.807) is 32.3 Å². The molecule has 0 bridgehead atoms. The van der Waals surface area contributed by atoms with Crippen molar-refractivity contribution in [2.45, 2.75) is 25.8 Å². The summed E-state index contributed by atoms with van der Waals surface area (Å²) in [6, 6.07) is 1.71. The molecule has 0 saturated heterocycles. The molecular formula is C13H16N4O3. The minimum Gasteiger partial charge on any atom is -0.467 e. The highest BCUT2D eigenvalue weighted by molar-refractivity contribution is 6.02. The number of amides is 1. The van der Waals surface area contributed by atoms with Crippen LogP contribution in [0.3, 0.4) is 0 Å². The van der Waals surface area contributed by atoms with Crippen molar-refractivity contribution in [3.63, 3.8) is 0 Å². The maximum Gasteiger partial charge on any atom is 0.331 e. The molecule has 1 unspecified atom stereocenters. The second kappa shape index (κ2) is 5.28. The fourth-order valence-electron chi connectivity index (χ4n) is 1.81. The van der Waals surface area contributed by atoms with Crippen LogP contribution in [0.1, 0.15) is 30.6 Å². The minimum absolute atomic E-state index is 0.314. The highest BCUT2D eigenvalue weighted by Gasteiger charge is 2.35. The van der Waals surface area contributed by atoms with Crippen LogP contribution >= 0.6 is 0 Å². The molecule has 1 amide bonds. The number of aromatic nitrogens is 3. The smallest absolute Gasteiger partial charge is 0.331 e. The highest BCUT2D eigenvalue weighted by Crippen LogP contribution is 2.14. The number of carbonyl (C=O) groups is 2. The Morgan fingerprint density at radius 2 is 2.25 bits per heavy atom. The molecule has 0 aliphatic rings. The SMILES string of the molecule is CCC(C)(NC(=O)c1cnn2cccnc12)C(=O)OC. The first-order chi connectivity index (χ1) is 9.51. The summed E-state index contributed by atoms with van der Waals surface area (Å²) in [7, 11) is 1.29. The van der Waals surface area contributed by atoms with Gasteiger partial charge in [-0.05, 0) is 19.4 Å². The summed E-state index contributed by atoms with van der Waals surface area (Å²) in [5.41, 5.74) is -0.322. The monoisotopic (exact) mass is 276 g/mol. The lowest BCUT2D eigenvalue weighted by molar-refractivity contribution is -0.147. The van der Waals surface area contributed by atoms with Crippen molar-refractivity contribution < 1.29 is 14.3 Å². The third-order valence-electron chi connectivity index (χ3n) is 3.26. The predicted octanol–water partition coefficient (Wildman–Crippen LogP) is 0.801. The number of methoxy groups -OCH3 is 1. The standard InChI is InChI=1S/C13H16N4O3/c1-4-13(2,12(19)20-3)16-11(18)9-8-15-17-7-5-6-14-10(9)17/h5-8H,4H2,1-3H3,(H,16,18). The maximum atomic E-state index is 12.3. The number of esters is 1. The Morgan fingerprint density at radius 1 is 1.50 bits per heavy atom. The number of fused-ring (bicyclic) bond motifs is 1. The lowest BCUT2D eigenvalue weighted by Gasteiger charge is -2.26. The van der Waals surface area contributed by atoms with Gasteiger partial charge in [-0.3, -0.25) is 4.79 Å². The van der Waals surface area contributed by atoms with Gasteiger partial charge in [0.15, 0.2) is 5.65 Å². The van der Waals surface area contributed by atoms with Gasteiger partial charge in [-0.1, -0.05) is 6.92 Å². The van der Waals surface area contributed by atoms with E-state index in [2.05, 4.69) is 15.4 Å². The van der Waals surface area contributed by atoms with E-state index in [0.717, 1.165) is 0 Å². The van der Waals surface area contributed by atoms with Gasteiger partial charge in [0.2, 0.25) is 0 Å². The van der Waals surface area contributed by atoms with Crippen molar-refractivity contribution in [1.29, 1.82) is 0 Å². The summed E-state index contributed by atoms with van der Waals surface area (Å²) in [6.07, 6.45) is 5.11. The lowest BCUT2D eigenvalue weighted by atomic mass is 9.98. The summed E-state index contributed by atoms with van der Waals surface area (Å²) >= 11 is 0. The van der Waals surface area contributed by atoms with E-state index >= 15 is 0 Å². The van der Waals surface area contributed by atoms with E-state index < -0.39 is 17.4 Å². The molecule has 20 heavy (non-hydrogen) atoms. The minimum atomic E-state index is -1.07. The topological polar surface area (TPSA) is 85.6 Å². The average Bonchev–Trinajstić information content (AvgIpc) is 2.90. The molecule has 0 aliphatic carbocycles. The van der Waals surface area contributed by atoms with E-state index in [1.807, 2.05) is 0 Å². The number of carbonyl (C=O) groups excluding carboxylic acids is 2. The molecule has 0 aromatic carbocycles. The van der Waals surface area contributed by atoms with Crippen LogP contribution in [0.2, 0.25) is 0 Å². The Labute approximate surface area is 115 Å². The van der Waals surface area contributed by atoms with Gasteiger partial charge < -0.3 is 10.1 Å². The van der Waals surface area contributed by atoms with Gasteiger partial charge in [0.05, 0.1) is 13.3 Å². The molecule has 0 aliphatic heterocycles. The molecule has 2 rings (SSSR count). The summed E-state index contributed by atoms with van der Waals surface area (Å²) in [5, 5.41) is 6.72. The molecule has 0 saturated carbocycles. The molecular weight excluding hydrogens is 260 g/mol. The normalized spacial score (nSPS) is 13.8. The Bertz CT molecular complexity index is 652. The molecule has 1 atom stereocenters. The molecule has 2 aromatic heterocycles. The zero-order valence-electron chi connectivity index (χ0n) is 11.6. The lowest BCUT2D eigenvalue weighted by Crippen LogP contribution is -2.52. The molecule has 0 fully saturated rings. The average molecular weight is 276 g/mol.